The molecular weight excluding hydrogens is 360 g/mol. The Morgan fingerprint density at radius 3 is 2.30 bits per heavy atom. The highest BCUT2D eigenvalue weighted by Gasteiger charge is 2.17. The van der Waals surface area contributed by atoms with Gasteiger partial charge in [-0.25, -0.2) is 8.42 Å². The second-order valence-corrected chi connectivity index (χ2v) is 8.58. The van der Waals surface area contributed by atoms with Crippen LogP contribution in [0, 0.1) is 13.8 Å². The zero-order valence-electron chi connectivity index (χ0n) is 16.2. The molecule has 0 aliphatic rings. The predicted octanol–water partition coefficient (Wildman–Crippen LogP) is 3.75. The molecule has 27 heavy (non-hydrogen) atoms. The van der Waals surface area contributed by atoms with Gasteiger partial charge in [0.15, 0.2) is 0 Å². The zero-order valence-corrected chi connectivity index (χ0v) is 17.0. The van der Waals surface area contributed by atoms with Gasteiger partial charge in [0.2, 0.25) is 10.0 Å². The number of sulfonamides is 1. The van der Waals surface area contributed by atoms with Gasteiger partial charge in [-0.3, -0.25) is 9.10 Å². The first-order valence-corrected chi connectivity index (χ1v) is 10.5. The largest absolute Gasteiger partial charge is 0.346 e. The number of amides is 1. The Bertz CT molecular complexity index is 934. The van der Waals surface area contributed by atoms with Crippen LogP contribution in [0.5, 0.6) is 0 Å². The lowest BCUT2D eigenvalue weighted by molar-refractivity contribution is 0.0940. The molecule has 0 aliphatic carbocycles. The van der Waals surface area contributed by atoms with Crippen LogP contribution in [0.2, 0.25) is 0 Å². The number of benzene rings is 2. The molecule has 6 heteroatoms. The van der Waals surface area contributed by atoms with Crippen molar-refractivity contribution in [1.29, 1.82) is 0 Å². The van der Waals surface area contributed by atoms with Gasteiger partial charge in [0.05, 0.1) is 24.5 Å². The molecule has 0 radical (unpaired) electrons. The summed E-state index contributed by atoms with van der Waals surface area (Å²) in [5.74, 6) is -0.207. The number of hydrogen-bond acceptors (Lipinski definition) is 3. The quantitative estimate of drug-likeness (QED) is 0.737. The molecule has 0 saturated heterocycles. The summed E-state index contributed by atoms with van der Waals surface area (Å²) < 4.78 is 25.0. The highest BCUT2D eigenvalue weighted by Crippen LogP contribution is 2.20. The van der Waals surface area contributed by atoms with E-state index in [1.807, 2.05) is 26.0 Å². The molecule has 144 valence electrons. The fourth-order valence-corrected chi connectivity index (χ4v) is 3.61. The SMILES string of the molecule is C=CCN(c1ccc(C(=O)NC(C)c2ccc(C)c(C)c2)cc1)S(C)(=O)=O. The molecule has 2 aromatic carbocycles. The fraction of sp³-hybridized carbons (Fsp3) is 0.286. The summed E-state index contributed by atoms with van der Waals surface area (Å²) in [4.78, 5) is 12.5. The summed E-state index contributed by atoms with van der Waals surface area (Å²) in [6.45, 7) is 9.80. The van der Waals surface area contributed by atoms with Crippen molar-refractivity contribution < 1.29 is 13.2 Å². The fourth-order valence-electron chi connectivity index (χ4n) is 2.73. The van der Waals surface area contributed by atoms with Crippen LogP contribution >= 0.6 is 0 Å². The maximum atomic E-state index is 12.5. The Labute approximate surface area is 161 Å². The molecular formula is C21H26N2O3S. The normalized spacial score (nSPS) is 12.3. The van der Waals surface area contributed by atoms with Gasteiger partial charge in [-0.2, -0.15) is 0 Å². The molecule has 0 spiro atoms. The lowest BCUT2D eigenvalue weighted by atomic mass is 10.0. The van der Waals surface area contributed by atoms with Crippen LogP contribution in [0.25, 0.3) is 0 Å². The highest BCUT2D eigenvalue weighted by atomic mass is 32.2. The molecule has 0 saturated carbocycles. The van der Waals surface area contributed by atoms with Crippen molar-refractivity contribution in [2.24, 2.45) is 0 Å². The molecule has 0 heterocycles. The van der Waals surface area contributed by atoms with E-state index < -0.39 is 10.0 Å². The summed E-state index contributed by atoms with van der Waals surface area (Å²) >= 11 is 0. The average molecular weight is 387 g/mol. The minimum atomic E-state index is -3.41. The number of rotatable bonds is 7. The second kappa shape index (κ2) is 8.39. The van der Waals surface area contributed by atoms with E-state index in [4.69, 9.17) is 0 Å². The van der Waals surface area contributed by atoms with Crippen molar-refractivity contribution in [2.75, 3.05) is 17.1 Å². The van der Waals surface area contributed by atoms with E-state index in [2.05, 4.69) is 24.9 Å². The predicted molar refractivity (Wildman–Crippen MR) is 111 cm³/mol. The molecule has 0 bridgehead atoms. The van der Waals surface area contributed by atoms with Gasteiger partial charge in [-0.1, -0.05) is 24.3 Å². The van der Waals surface area contributed by atoms with Gasteiger partial charge < -0.3 is 5.32 Å². The zero-order chi connectivity index (χ0) is 20.2. The maximum Gasteiger partial charge on any atom is 0.251 e. The van der Waals surface area contributed by atoms with Crippen LogP contribution in [0.15, 0.2) is 55.1 Å². The molecule has 0 fully saturated rings. The van der Waals surface area contributed by atoms with Crippen LogP contribution in [0.3, 0.4) is 0 Å². The minimum absolute atomic E-state index is 0.134. The summed E-state index contributed by atoms with van der Waals surface area (Å²) in [5.41, 5.74) is 4.40. The molecule has 1 unspecified atom stereocenters. The standard InChI is InChI=1S/C21H26N2O3S/c1-6-13-23(27(5,25)26)20-11-9-18(10-12-20)21(24)22-17(4)19-8-7-15(2)16(3)14-19/h6-12,14,17H,1,13H2,2-5H3,(H,22,24). The van der Waals surface area contributed by atoms with Crippen molar-refractivity contribution in [2.45, 2.75) is 26.8 Å². The first-order chi connectivity index (χ1) is 12.6. The molecule has 1 N–H and O–H groups in total. The summed E-state index contributed by atoms with van der Waals surface area (Å²) in [6.07, 6.45) is 2.66. The van der Waals surface area contributed by atoms with Crippen LogP contribution in [-0.2, 0) is 10.0 Å². The number of anilines is 1. The Morgan fingerprint density at radius 2 is 1.78 bits per heavy atom. The van der Waals surface area contributed by atoms with Crippen molar-refractivity contribution in [1.82, 2.24) is 5.32 Å². The van der Waals surface area contributed by atoms with Gasteiger partial charge in [-0.15, -0.1) is 6.58 Å². The first-order valence-electron chi connectivity index (χ1n) is 8.70. The van der Waals surface area contributed by atoms with Crippen molar-refractivity contribution in [3.63, 3.8) is 0 Å². The van der Waals surface area contributed by atoms with E-state index >= 15 is 0 Å². The van der Waals surface area contributed by atoms with Gasteiger partial charge in [-0.05, 0) is 61.7 Å². The summed E-state index contributed by atoms with van der Waals surface area (Å²) in [7, 11) is -3.41. The number of carbonyl (C=O) groups is 1. The Balaban J connectivity index is 2.15. The monoisotopic (exact) mass is 386 g/mol. The Hall–Kier alpha value is -2.60. The first kappa shape index (κ1) is 20.7. The smallest absolute Gasteiger partial charge is 0.251 e. The maximum absolute atomic E-state index is 12.5. The third-order valence-corrected chi connectivity index (χ3v) is 5.65. The number of nitrogens with one attached hydrogen (secondary N) is 1. The van der Waals surface area contributed by atoms with Crippen LogP contribution in [-0.4, -0.2) is 27.1 Å². The lowest BCUT2D eigenvalue weighted by Crippen LogP contribution is -2.30. The molecule has 0 aliphatic heterocycles. The number of carbonyl (C=O) groups excluding carboxylic acids is 1. The Kier molecular flexibility index (Phi) is 6.44. The van der Waals surface area contributed by atoms with E-state index in [-0.39, 0.29) is 18.5 Å². The molecule has 0 aromatic heterocycles. The molecule has 5 nitrogen and oxygen atoms in total. The van der Waals surface area contributed by atoms with E-state index in [0.717, 1.165) is 11.8 Å². The van der Waals surface area contributed by atoms with E-state index in [1.165, 1.54) is 21.5 Å². The molecule has 1 atom stereocenters. The van der Waals surface area contributed by atoms with E-state index in [9.17, 15) is 13.2 Å². The lowest BCUT2D eigenvalue weighted by Gasteiger charge is -2.21. The third kappa shape index (κ3) is 5.20. The summed E-state index contributed by atoms with van der Waals surface area (Å²) in [6, 6.07) is 12.5. The van der Waals surface area contributed by atoms with Gasteiger partial charge in [0.1, 0.15) is 0 Å². The van der Waals surface area contributed by atoms with Crippen LogP contribution < -0.4 is 9.62 Å². The average Bonchev–Trinajstić information content (AvgIpc) is 2.61. The van der Waals surface area contributed by atoms with E-state index in [0.29, 0.717) is 11.3 Å². The van der Waals surface area contributed by atoms with E-state index in [1.54, 1.807) is 24.3 Å². The molecule has 1 amide bonds. The number of hydrogen-bond donors (Lipinski definition) is 1. The summed E-state index contributed by atoms with van der Waals surface area (Å²) in [5, 5.41) is 2.98. The minimum Gasteiger partial charge on any atom is -0.346 e. The third-order valence-electron chi connectivity index (χ3n) is 4.49. The second-order valence-electron chi connectivity index (χ2n) is 6.67. The van der Waals surface area contributed by atoms with Crippen LogP contribution in [0.1, 0.15) is 40.0 Å². The highest BCUT2D eigenvalue weighted by molar-refractivity contribution is 7.92. The van der Waals surface area contributed by atoms with Crippen molar-refractivity contribution >= 4 is 21.6 Å². The van der Waals surface area contributed by atoms with Gasteiger partial charge in [0.25, 0.3) is 5.91 Å². The number of nitrogens with zero attached hydrogens (tertiary/aromatic N) is 1. The topological polar surface area (TPSA) is 66.5 Å². The van der Waals surface area contributed by atoms with Gasteiger partial charge in [0, 0.05) is 5.56 Å². The number of aryl methyl sites for hydroxylation is 2. The Morgan fingerprint density at radius 1 is 1.15 bits per heavy atom. The van der Waals surface area contributed by atoms with Crippen molar-refractivity contribution in [3.8, 4) is 0 Å². The van der Waals surface area contributed by atoms with Gasteiger partial charge >= 0.3 is 0 Å². The molecule has 2 aromatic rings. The molecule has 2 rings (SSSR count). The van der Waals surface area contributed by atoms with Crippen molar-refractivity contribution in [3.05, 3.63) is 77.4 Å². The van der Waals surface area contributed by atoms with Crippen LogP contribution in [0.4, 0.5) is 5.69 Å².